The number of carbonyl (C=O) groups excluding carboxylic acids is 1. The second kappa shape index (κ2) is 5.27. The molecule has 1 amide bonds. The van der Waals surface area contributed by atoms with Crippen molar-refractivity contribution in [3.8, 4) is 0 Å². The lowest BCUT2D eigenvalue weighted by Gasteiger charge is -2.07. The first-order valence-electron chi connectivity index (χ1n) is 5.58. The highest BCUT2D eigenvalue weighted by atomic mass is 16.1. The van der Waals surface area contributed by atoms with E-state index in [1.165, 1.54) is 0 Å². The molecule has 0 bridgehead atoms. The number of anilines is 2. The van der Waals surface area contributed by atoms with E-state index in [1.54, 1.807) is 37.5 Å². The van der Waals surface area contributed by atoms with Gasteiger partial charge in [0.25, 0.3) is 5.91 Å². The molecule has 0 unspecified atom stereocenters. The zero-order chi connectivity index (χ0) is 13.0. The first-order valence-corrected chi connectivity index (χ1v) is 5.58. The molecule has 2 N–H and O–H groups in total. The van der Waals surface area contributed by atoms with Crippen LogP contribution in [0.25, 0.3) is 0 Å². The fraction of sp³-hybridized carbons (Fsp3) is 0.154. The van der Waals surface area contributed by atoms with Crippen LogP contribution in [0, 0.1) is 6.92 Å². The number of aryl methyl sites for hydroxylation is 1. The summed E-state index contributed by atoms with van der Waals surface area (Å²) < 4.78 is 0. The van der Waals surface area contributed by atoms with Crippen LogP contribution in [-0.4, -0.2) is 22.9 Å². The second-order valence-corrected chi connectivity index (χ2v) is 3.75. The molecule has 2 rings (SSSR count). The lowest BCUT2D eigenvalue weighted by atomic mass is 10.3. The van der Waals surface area contributed by atoms with Gasteiger partial charge in [0.2, 0.25) is 0 Å². The molecule has 0 radical (unpaired) electrons. The SMILES string of the molecule is CNc1cccc(C(=O)Nc2cccnc2C)n1. The number of aromatic nitrogens is 2. The van der Waals surface area contributed by atoms with Crippen molar-refractivity contribution in [3.05, 3.63) is 47.9 Å². The Labute approximate surface area is 105 Å². The molecule has 2 aromatic rings. The highest BCUT2D eigenvalue weighted by Crippen LogP contribution is 2.12. The van der Waals surface area contributed by atoms with Crippen molar-refractivity contribution >= 4 is 17.4 Å². The Hall–Kier alpha value is -2.43. The molecule has 0 saturated carbocycles. The Kier molecular flexibility index (Phi) is 3.52. The van der Waals surface area contributed by atoms with Crippen LogP contribution >= 0.6 is 0 Å². The fourth-order valence-corrected chi connectivity index (χ4v) is 1.50. The molecule has 0 aliphatic heterocycles. The number of pyridine rings is 2. The summed E-state index contributed by atoms with van der Waals surface area (Å²) in [5, 5.41) is 5.68. The summed E-state index contributed by atoms with van der Waals surface area (Å²) in [4.78, 5) is 20.3. The molecule has 2 aromatic heterocycles. The molecule has 0 spiro atoms. The van der Waals surface area contributed by atoms with Gasteiger partial charge in [-0.1, -0.05) is 6.07 Å². The normalized spacial score (nSPS) is 9.89. The quantitative estimate of drug-likeness (QED) is 0.864. The number of carbonyl (C=O) groups is 1. The van der Waals surface area contributed by atoms with E-state index in [1.807, 2.05) is 13.0 Å². The maximum atomic E-state index is 12.0. The highest BCUT2D eigenvalue weighted by molar-refractivity contribution is 6.03. The molecule has 0 atom stereocenters. The smallest absolute Gasteiger partial charge is 0.274 e. The molecule has 5 nitrogen and oxygen atoms in total. The Morgan fingerprint density at radius 3 is 2.78 bits per heavy atom. The minimum atomic E-state index is -0.247. The van der Waals surface area contributed by atoms with Crippen molar-refractivity contribution in [1.82, 2.24) is 9.97 Å². The van der Waals surface area contributed by atoms with Crippen LogP contribution in [0.3, 0.4) is 0 Å². The van der Waals surface area contributed by atoms with Crippen molar-refractivity contribution in [2.45, 2.75) is 6.92 Å². The summed E-state index contributed by atoms with van der Waals surface area (Å²) in [7, 11) is 1.76. The molecule has 5 heteroatoms. The molecule has 0 aliphatic carbocycles. The minimum absolute atomic E-state index is 0.247. The first-order chi connectivity index (χ1) is 8.70. The van der Waals surface area contributed by atoms with Gasteiger partial charge in [-0.2, -0.15) is 0 Å². The predicted molar refractivity (Wildman–Crippen MR) is 70.7 cm³/mol. The van der Waals surface area contributed by atoms with Gasteiger partial charge in [0.15, 0.2) is 0 Å². The van der Waals surface area contributed by atoms with Crippen molar-refractivity contribution in [2.75, 3.05) is 17.7 Å². The van der Waals surface area contributed by atoms with Crippen molar-refractivity contribution < 1.29 is 4.79 Å². The Bertz CT molecular complexity index is 568. The Balaban J connectivity index is 2.19. The highest BCUT2D eigenvalue weighted by Gasteiger charge is 2.09. The first kappa shape index (κ1) is 12.0. The lowest BCUT2D eigenvalue weighted by molar-refractivity contribution is 0.102. The van der Waals surface area contributed by atoms with E-state index in [9.17, 15) is 4.79 Å². The van der Waals surface area contributed by atoms with Crippen molar-refractivity contribution in [2.24, 2.45) is 0 Å². The number of rotatable bonds is 3. The average molecular weight is 242 g/mol. The molecule has 0 fully saturated rings. The summed E-state index contributed by atoms with van der Waals surface area (Å²) in [6.45, 7) is 1.84. The van der Waals surface area contributed by atoms with Crippen LogP contribution in [0.4, 0.5) is 11.5 Å². The van der Waals surface area contributed by atoms with Gasteiger partial charge < -0.3 is 10.6 Å². The van der Waals surface area contributed by atoms with Crippen LogP contribution in [0.1, 0.15) is 16.2 Å². The third-order valence-corrected chi connectivity index (χ3v) is 2.49. The largest absolute Gasteiger partial charge is 0.373 e. The van der Waals surface area contributed by atoms with Gasteiger partial charge in [0.1, 0.15) is 11.5 Å². The molecule has 0 saturated heterocycles. The minimum Gasteiger partial charge on any atom is -0.373 e. The van der Waals surface area contributed by atoms with E-state index in [4.69, 9.17) is 0 Å². The van der Waals surface area contributed by atoms with Gasteiger partial charge in [-0.05, 0) is 31.2 Å². The number of hydrogen-bond donors (Lipinski definition) is 2. The average Bonchev–Trinajstić information content (AvgIpc) is 2.41. The van der Waals surface area contributed by atoms with Crippen LogP contribution in [0.15, 0.2) is 36.5 Å². The van der Waals surface area contributed by atoms with E-state index >= 15 is 0 Å². The van der Waals surface area contributed by atoms with Gasteiger partial charge in [-0.15, -0.1) is 0 Å². The molecule has 92 valence electrons. The Morgan fingerprint density at radius 1 is 1.22 bits per heavy atom. The zero-order valence-electron chi connectivity index (χ0n) is 10.3. The van der Waals surface area contributed by atoms with E-state index < -0.39 is 0 Å². The standard InChI is InChI=1S/C13H14N4O/c1-9-10(6-4-8-15-9)17-13(18)11-5-3-7-12(14-2)16-11/h3-8H,1-2H3,(H,14,16)(H,17,18). The van der Waals surface area contributed by atoms with Crippen LogP contribution in [0.5, 0.6) is 0 Å². The number of hydrogen-bond acceptors (Lipinski definition) is 4. The Morgan fingerprint density at radius 2 is 2.06 bits per heavy atom. The number of nitrogens with zero attached hydrogens (tertiary/aromatic N) is 2. The van der Waals surface area contributed by atoms with Gasteiger partial charge >= 0.3 is 0 Å². The summed E-state index contributed by atoms with van der Waals surface area (Å²) in [5.41, 5.74) is 1.83. The summed E-state index contributed by atoms with van der Waals surface area (Å²) in [6.07, 6.45) is 1.69. The van der Waals surface area contributed by atoms with Crippen LogP contribution in [-0.2, 0) is 0 Å². The van der Waals surface area contributed by atoms with Gasteiger partial charge in [-0.25, -0.2) is 4.98 Å². The van der Waals surface area contributed by atoms with E-state index in [0.717, 1.165) is 5.69 Å². The van der Waals surface area contributed by atoms with Crippen molar-refractivity contribution in [3.63, 3.8) is 0 Å². The van der Waals surface area contributed by atoms with E-state index in [0.29, 0.717) is 17.2 Å². The third kappa shape index (κ3) is 2.63. The van der Waals surface area contributed by atoms with Crippen molar-refractivity contribution in [1.29, 1.82) is 0 Å². The maximum absolute atomic E-state index is 12.0. The molecule has 18 heavy (non-hydrogen) atoms. The maximum Gasteiger partial charge on any atom is 0.274 e. The summed E-state index contributed by atoms with van der Waals surface area (Å²) in [6, 6.07) is 8.83. The monoisotopic (exact) mass is 242 g/mol. The van der Waals surface area contributed by atoms with Gasteiger partial charge in [0.05, 0.1) is 11.4 Å². The molecule has 0 aromatic carbocycles. The predicted octanol–water partition coefficient (Wildman–Crippen LogP) is 2.08. The fourth-order valence-electron chi connectivity index (χ4n) is 1.50. The zero-order valence-corrected chi connectivity index (χ0v) is 10.3. The topological polar surface area (TPSA) is 66.9 Å². The molecule has 0 aliphatic rings. The second-order valence-electron chi connectivity index (χ2n) is 3.75. The lowest BCUT2D eigenvalue weighted by Crippen LogP contribution is -2.15. The van der Waals surface area contributed by atoms with E-state index in [-0.39, 0.29) is 5.91 Å². The molecule has 2 heterocycles. The van der Waals surface area contributed by atoms with Crippen LogP contribution in [0.2, 0.25) is 0 Å². The van der Waals surface area contributed by atoms with Gasteiger partial charge in [0, 0.05) is 13.2 Å². The molecular weight excluding hydrogens is 228 g/mol. The number of nitrogens with one attached hydrogen (secondary N) is 2. The van der Waals surface area contributed by atoms with Gasteiger partial charge in [-0.3, -0.25) is 9.78 Å². The molecular formula is C13H14N4O. The number of amides is 1. The third-order valence-electron chi connectivity index (χ3n) is 2.49. The van der Waals surface area contributed by atoms with E-state index in [2.05, 4.69) is 20.6 Å². The van der Waals surface area contributed by atoms with Crippen LogP contribution < -0.4 is 10.6 Å². The summed E-state index contributed by atoms with van der Waals surface area (Å²) >= 11 is 0. The summed E-state index contributed by atoms with van der Waals surface area (Å²) in [5.74, 6) is 0.411.